The molecule has 31 heavy (non-hydrogen) atoms. The molecule has 0 bridgehead atoms. The number of rotatable bonds is 4. The molecule has 0 aliphatic carbocycles. The molecule has 8 heteroatoms. The summed E-state index contributed by atoms with van der Waals surface area (Å²) in [6.45, 7) is 5.90. The molecule has 4 heterocycles. The predicted octanol–water partition coefficient (Wildman–Crippen LogP) is 3.82. The van der Waals surface area contributed by atoms with Crippen molar-refractivity contribution in [3.63, 3.8) is 0 Å². The SMILES string of the molecule is Cc1ccc(-c2c(C(C)Nc3ncnc4[nH]cnc34)nc3cccc(C)n3c2=O)cc1. The summed E-state index contributed by atoms with van der Waals surface area (Å²) in [5, 5.41) is 3.37. The highest BCUT2D eigenvalue weighted by atomic mass is 16.1. The second kappa shape index (κ2) is 7.32. The lowest BCUT2D eigenvalue weighted by Crippen LogP contribution is -2.24. The minimum atomic E-state index is -0.302. The van der Waals surface area contributed by atoms with Crippen LogP contribution in [-0.2, 0) is 0 Å². The predicted molar refractivity (Wildman–Crippen MR) is 120 cm³/mol. The van der Waals surface area contributed by atoms with Crippen LogP contribution in [0.5, 0.6) is 0 Å². The monoisotopic (exact) mass is 411 g/mol. The zero-order chi connectivity index (χ0) is 21.5. The number of hydrogen-bond donors (Lipinski definition) is 2. The van der Waals surface area contributed by atoms with Crippen LogP contribution in [0.4, 0.5) is 5.82 Å². The lowest BCUT2D eigenvalue weighted by atomic mass is 10.00. The number of nitrogens with one attached hydrogen (secondary N) is 2. The Morgan fingerprint density at radius 3 is 2.65 bits per heavy atom. The summed E-state index contributed by atoms with van der Waals surface area (Å²) in [4.78, 5) is 34.3. The Labute approximate surface area is 178 Å². The first kappa shape index (κ1) is 18.9. The number of benzene rings is 1. The summed E-state index contributed by atoms with van der Waals surface area (Å²) in [5.41, 5.74) is 5.82. The van der Waals surface area contributed by atoms with Gasteiger partial charge in [-0.15, -0.1) is 0 Å². The Morgan fingerprint density at radius 1 is 1.03 bits per heavy atom. The number of imidazole rings is 1. The molecular formula is C23H21N7O. The van der Waals surface area contributed by atoms with Crippen molar-refractivity contribution in [3.8, 4) is 11.1 Å². The number of aromatic amines is 1. The molecule has 0 saturated heterocycles. The Balaban J connectivity index is 1.71. The van der Waals surface area contributed by atoms with Crippen molar-refractivity contribution in [2.24, 2.45) is 0 Å². The Bertz CT molecular complexity index is 1470. The molecule has 0 saturated carbocycles. The number of anilines is 1. The van der Waals surface area contributed by atoms with Crippen LogP contribution in [0.2, 0.25) is 0 Å². The van der Waals surface area contributed by atoms with Crippen molar-refractivity contribution in [2.75, 3.05) is 5.32 Å². The number of fused-ring (bicyclic) bond motifs is 2. The lowest BCUT2D eigenvalue weighted by molar-refractivity contribution is 0.821. The molecule has 0 fully saturated rings. The Hall–Kier alpha value is -4.07. The number of hydrogen-bond acceptors (Lipinski definition) is 6. The van der Waals surface area contributed by atoms with Gasteiger partial charge >= 0.3 is 0 Å². The van der Waals surface area contributed by atoms with Gasteiger partial charge in [0.05, 0.1) is 23.6 Å². The largest absolute Gasteiger partial charge is 0.360 e. The van der Waals surface area contributed by atoms with Gasteiger partial charge in [-0.25, -0.2) is 19.9 Å². The molecule has 1 aromatic carbocycles. The first-order valence-corrected chi connectivity index (χ1v) is 10.0. The van der Waals surface area contributed by atoms with E-state index in [2.05, 4.69) is 25.3 Å². The molecule has 0 amide bonds. The topological polar surface area (TPSA) is 101 Å². The van der Waals surface area contributed by atoms with E-state index in [0.29, 0.717) is 33.9 Å². The van der Waals surface area contributed by atoms with Crippen LogP contribution in [0.3, 0.4) is 0 Å². The van der Waals surface area contributed by atoms with Crippen molar-refractivity contribution in [1.29, 1.82) is 0 Å². The van der Waals surface area contributed by atoms with E-state index < -0.39 is 0 Å². The molecule has 0 aliphatic rings. The van der Waals surface area contributed by atoms with Gasteiger partial charge in [-0.3, -0.25) is 9.20 Å². The smallest absolute Gasteiger partial charge is 0.266 e. The molecule has 2 N–H and O–H groups in total. The van der Waals surface area contributed by atoms with E-state index in [1.54, 1.807) is 10.7 Å². The van der Waals surface area contributed by atoms with Gasteiger partial charge < -0.3 is 10.3 Å². The molecule has 5 rings (SSSR count). The maximum Gasteiger partial charge on any atom is 0.266 e. The van der Waals surface area contributed by atoms with Crippen LogP contribution < -0.4 is 10.9 Å². The number of nitrogens with zero attached hydrogens (tertiary/aromatic N) is 5. The van der Waals surface area contributed by atoms with E-state index in [1.165, 1.54) is 6.33 Å². The first-order chi connectivity index (χ1) is 15.0. The standard InChI is InChI=1S/C23H21N7O/c1-13-7-9-16(10-8-13)18-19(29-17-6-4-5-14(2)30(17)23(18)31)15(3)28-22-20-21(25-11-24-20)26-12-27-22/h4-12,15H,1-3H3,(H2,24,25,26,27,28). The van der Waals surface area contributed by atoms with Crippen molar-refractivity contribution >= 4 is 22.6 Å². The molecule has 0 spiro atoms. The van der Waals surface area contributed by atoms with Gasteiger partial charge in [0.1, 0.15) is 17.5 Å². The minimum absolute atomic E-state index is 0.0943. The second-order valence-electron chi connectivity index (χ2n) is 7.59. The summed E-state index contributed by atoms with van der Waals surface area (Å²) >= 11 is 0. The van der Waals surface area contributed by atoms with Crippen LogP contribution in [0.1, 0.15) is 29.9 Å². The zero-order valence-corrected chi connectivity index (χ0v) is 17.4. The highest BCUT2D eigenvalue weighted by Gasteiger charge is 2.21. The first-order valence-electron chi connectivity index (χ1n) is 10.0. The van der Waals surface area contributed by atoms with Crippen LogP contribution >= 0.6 is 0 Å². The van der Waals surface area contributed by atoms with E-state index in [-0.39, 0.29) is 11.6 Å². The lowest BCUT2D eigenvalue weighted by Gasteiger charge is -2.19. The summed E-state index contributed by atoms with van der Waals surface area (Å²) in [5.74, 6) is 0.583. The number of H-pyrrole nitrogens is 1. The molecule has 0 aliphatic heterocycles. The summed E-state index contributed by atoms with van der Waals surface area (Å²) in [7, 11) is 0. The second-order valence-corrected chi connectivity index (χ2v) is 7.59. The van der Waals surface area contributed by atoms with E-state index in [0.717, 1.165) is 16.8 Å². The number of aromatic nitrogens is 6. The van der Waals surface area contributed by atoms with Crippen LogP contribution in [0.25, 0.3) is 27.9 Å². The average molecular weight is 411 g/mol. The quantitative estimate of drug-likeness (QED) is 0.466. The molecule has 1 atom stereocenters. The highest BCUT2D eigenvalue weighted by Crippen LogP contribution is 2.28. The number of aryl methyl sites for hydroxylation is 2. The van der Waals surface area contributed by atoms with Gasteiger partial charge in [-0.1, -0.05) is 35.9 Å². The third-order valence-corrected chi connectivity index (χ3v) is 5.39. The molecule has 5 aromatic rings. The third-order valence-electron chi connectivity index (χ3n) is 5.39. The fourth-order valence-electron chi connectivity index (χ4n) is 3.80. The molecule has 4 aromatic heterocycles. The van der Waals surface area contributed by atoms with Crippen molar-refractivity contribution < 1.29 is 0 Å². The van der Waals surface area contributed by atoms with E-state index >= 15 is 0 Å². The normalized spacial score (nSPS) is 12.4. The molecular weight excluding hydrogens is 390 g/mol. The van der Waals surface area contributed by atoms with E-state index in [4.69, 9.17) is 4.98 Å². The van der Waals surface area contributed by atoms with Crippen molar-refractivity contribution in [3.05, 3.63) is 82.4 Å². The summed E-state index contributed by atoms with van der Waals surface area (Å²) in [6.07, 6.45) is 3.05. The summed E-state index contributed by atoms with van der Waals surface area (Å²) in [6, 6.07) is 13.3. The van der Waals surface area contributed by atoms with Gasteiger partial charge in [0.15, 0.2) is 11.5 Å². The summed E-state index contributed by atoms with van der Waals surface area (Å²) < 4.78 is 1.65. The van der Waals surface area contributed by atoms with Gasteiger partial charge in [-0.05, 0) is 38.5 Å². The van der Waals surface area contributed by atoms with E-state index in [1.807, 2.05) is 63.2 Å². The zero-order valence-electron chi connectivity index (χ0n) is 17.4. The fraction of sp³-hybridized carbons (Fsp3) is 0.174. The Morgan fingerprint density at radius 2 is 1.84 bits per heavy atom. The maximum absolute atomic E-state index is 13.6. The highest BCUT2D eigenvalue weighted by molar-refractivity contribution is 5.82. The molecule has 154 valence electrons. The molecule has 0 radical (unpaired) electrons. The third kappa shape index (κ3) is 3.22. The molecule has 1 unspecified atom stereocenters. The Kier molecular flexibility index (Phi) is 4.47. The van der Waals surface area contributed by atoms with Gasteiger partial charge in [0, 0.05) is 5.69 Å². The van der Waals surface area contributed by atoms with Crippen molar-refractivity contribution in [2.45, 2.75) is 26.8 Å². The fourth-order valence-corrected chi connectivity index (χ4v) is 3.80. The minimum Gasteiger partial charge on any atom is -0.360 e. The average Bonchev–Trinajstić information content (AvgIpc) is 3.24. The van der Waals surface area contributed by atoms with Crippen LogP contribution in [0.15, 0.2) is 59.9 Å². The van der Waals surface area contributed by atoms with Gasteiger partial charge in [-0.2, -0.15) is 0 Å². The van der Waals surface area contributed by atoms with E-state index in [9.17, 15) is 4.79 Å². The van der Waals surface area contributed by atoms with Gasteiger partial charge in [0.25, 0.3) is 5.56 Å². The van der Waals surface area contributed by atoms with Crippen LogP contribution in [0, 0.1) is 13.8 Å². The van der Waals surface area contributed by atoms with Crippen LogP contribution in [-0.4, -0.2) is 29.3 Å². The van der Waals surface area contributed by atoms with Gasteiger partial charge in [0.2, 0.25) is 0 Å². The molecule has 8 nitrogen and oxygen atoms in total. The number of pyridine rings is 1. The van der Waals surface area contributed by atoms with Crippen molar-refractivity contribution in [1.82, 2.24) is 29.3 Å². The maximum atomic E-state index is 13.6.